The van der Waals surface area contributed by atoms with Gasteiger partial charge in [-0.05, 0) is 30.7 Å². The molecule has 0 aromatic heterocycles. The van der Waals surface area contributed by atoms with Crippen LogP contribution in [0.3, 0.4) is 0 Å². The molecule has 2 rings (SSSR count). The van der Waals surface area contributed by atoms with Crippen molar-refractivity contribution >= 4 is 11.4 Å². The second-order valence-corrected chi connectivity index (χ2v) is 5.17. The third-order valence-corrected chi connectivity index (χ3v) is 3.60. The van der Waals surface area contributed by atoms with Crippen LogP contribution in [0.4, 0.5) is 11.4 Å². The van der Waals surface area contributed by atoms with Crippen molar-refractivity contribution < 1.29 is 30.4 Å². The topological polar surface area (TPSA) is 149 Å². The van der Waals surface area contributed by atoms with Gasteiger partial charge in [-0.2, -0.15) is 0 Å². The van der Waals surface area contributed by atoms with Crippen molar-refractivity contribution in [2.75, 3.05) is 17.2 Å². The van der Waals surface area contributed by atoms with E-state index in [1.54, 1.807) is 6.92 Å². The molecule has 0 saturated carbocycles. The SMILES string of the molecule is Cc1cc(N([O-])O)ccc1N[C@H]1O[C@H]([C@@H](O)CO)[C@H](O)[C@H]1O. The molecule has 0 bridgehead atoms. The van der Waals surface area contributed by atoms with E-state index in [2.05, 4.69) is 5.32 Å². The summed E-state index contributed by atoms with van der Waals surface area (Å²) in [7, 11) is 0. The summed E-state index contributed by atoms with van der Waals surface area (Å²) in [4.78, 5) is 0. The van der Waals surface area contributed by atoms with Crippen LogP contribution in [0, 0.1) is 12.1 Å². The van der Waals surface area contributed by atoms with Crippen molar-refractivity contribution in [3.63, 3.8) is 0 Å². The van der Waals surface area contributed by atoms with Crippen LogP contribution < -0.4 is 10.5 Å². The molecule has 0 radical (unpaired) electrons. The number of hydrogen-bond acceptors (Lipinski definition) is 9. The Morgan fingerprint density at radius 1 is 1.36 bits per heavy atom. The Balaban J connectivity index is 2.11. The standard InChI is InChI=1S/C13H19N2O7/c1-6-4-7(15(20)21)2-3-8(6)14-13-11(19)10(18)12(22-13)9(17)5-16/h2-4,9-14,16-20H,5H2,1H3/q-1/t9-,10+,11+,12+,13-/m0/s1. The maximum atomic E-state index is 10.8. The van der Waals surface area contributed by atoms with Crippen LogP contribution in [0.5, 0.6) is 0 Å². The van der Waals surface area contributed by atoms with Crippen molar-refractivity contribution in [3.05, 3.63) is 29.0 Å². The van der Waals surface area contributed by atoms with E-state index in [1.807, 2.05) is 0 Å². The fourth-order valence-electron chi connectivity index (χ4n) is 2.33. The molecule has 9 nitrogen and oxygen atoms in total. The minimum absolute atomic E-state index is 0.0459. The maximum Gasteiger partial charge on any atom is 0.157 e. The van der Waals surface area contributed by atoms with E-state index in [0.29, 0.717) is 11.3 Å². The van der Waals surface area contributed by atoms with Crippen molar-refractivity contribution in [2.45, 2.75) is 37.6 Å². The third kappa shape index (κ3) is 3.31. The summed E-state index contributed by atoms with van der Waals surface area (Å²) in [5.74, 6) is 0. The number of aliphatic hydroxyl groups is 4. The zero-order valence-corrected chi connectivity index (χ0v) is 11.8. The first-order chi connectivity index (χ1) is 10.3. The Morgan fingerprint density at radius 3 is 2.59 bits per heavy atom. The third-order valence-electron chi connectivity index (χ3n) is 3.60. The van der Waals surface area contributed by atoms with Gasteiger partial charge in [-0.15, -0.1) is 0 Å². The van der Waals surface area contributed by atoms with Gasteiger partial charge in [0.15, 0.2) is 6.23 Å². The van der Waals surface area contributed by atoms with E-state index < -0.39 is 37.3 Å². The minimum Gasteiger partial charge on any atom is -0.733 e. The normalized spacial score (nSPS) is 29.4. The van der Waals surface area contributed by atoms with Gasteiger partial charge in [0.05, 0.1) is 12.3 Å². The molecule has 1 aliphatic rings. The quantitative estimate of drug-likeness (QED) is 0.372. The van der Waals surface area contributed by atoms with Gasteiger partial charge in [0.1, 0.15) is 24.4 Å². The number of nitrogens with one attached hydrogen (secondary N) is 1. The number of anilines is 2. The number of benzene rings is 1. The molecule has 6 N–H and O–H groups in total. The van der Waals surface area contributed by atoms with Gasteiger partial charge in [0, 0.05) is 5.69 Å². The molecule has 0 amide bonds. The molecule has 1 aliphatic heterocycles. The Hall–Kier alpha value is -1.46. The van der Waals surface area contributed by atoms with E-state index in [0.717, 1.165) is 0 Å². The zero-order valence-electron chi connectivity index (χ0n) is 11.8. The molecule has 1 saturated heterocycles. The Bertz CT molecular complexity index is 513. The van der Waals surface area contributed by atoms with Gasteiger partial charge < -0.3 is 40.9 Å². The molecule has 9 heteroatoms. The van der Waals surface area contributed by atoms with Crippen LogP contribution in [-0.2, 0) is 4.74 Å². The number of rotatable bonds is 5. The summed E-state index contributed by atoms with van der Waals surface area (Å²) in [6.45, 7) is 1.07. The van der Waals surface area contributed by atoms with Crippen molar-refractivity contribution in [2.24, 2.45) is 0 Å². The second kappa shape index (κ2) is 6.75. The lowest BCUT2D eigenvalue weighted by atomic mass is 10.1. The molecule has 22 heavy (non-hydrogen) atoms. The summed E-state index contributed by atoms with van der Waals surface area (Å²) in [5, 5.41) is 60.4. The number of aliphatic hydroxyl groups excluding tert-OH is 4. The highest BCUT2D eigenvalue weighted by Gasteiger charge is 2.45. The van der Waals surface area contributed by atoms with Crippen molar-refractivity contribution in [1.82, 2.24) is 0 Å². The maximum absolute atomic E-state index is 10.8. The first-order valence-corrected chi connectivity index (χ1v) is 6.69. The van der Waals surface area contributed by atoms with Crippen LogP contribution in [0.25, 0.3) is 0 Å². The van der Waals surface area contributed by atoms with Crippen molar-refractivity contribution in [1.29, 1.82) is 0 Å². The van der Waals surface area contributed by atoms with E-state index in [1.165, 1.54) is 18.2 Å². The molecular formula is C13H19N2O7-. The molecule has 1 aromatic carbocycles. The highest BCUT2D eigenvalue weighted by Crippen LogP contribution is 2.28. The molecule has 0 aliphatic carbocycles. The van der Waals surface area contributed by atoms with E-state index in [-0.39, 0.29) is 10.9 Å². The predicted molar refractivity (Wildman–Crippen MR) is 76.2 cm³/mol. The van der Waals surface area contributed by atoms with Gasteiger partial charge >= 0.3 is 0 Å². The zero-order chi connectivity index (χ0) is 16.4. The number of nitrogens with zero attached hydrogens (tertiary/aromatic N) is 1. The average molecular weight is 315 g/mol. The molecule has 124 valence electrons. The number of hydrogen-bond donors (Lipinski definition) is 6. The minimum atomic E-state index is -1.35. The number of ether oxygens (including phenoxy) is 1. The van der Waals surface area contributed by atoms with Crippen LogP contribution in [0.2, 0.25) is 0 Å². The summed E-state index contributed by atoms with van der Waals surface area (Å²) in [5.41, 5.74) is 1.16. The Morgan fingerprint density at radius 2 is 2.05 bits per heavy atom. The highest BCUT2D eigenvalue weighted by atomic mass is 16.8. The fourth-order valence-corrected chi connectivity index (χ4v) is 2.33. The largest absolute Gasteiger partial charge is 0.733 e. The van der Waals surface area contributed by atoms with Crippen molar-refractivity contribution in [3.8, 4) is 0 Å². The molecule has 5 atom stereocenters. The lowest BCUT2D eigenvalue weighted by molar-refractivity contribution is -0.0774. The number of aryl methyl sites for hydroxylation is 1. The van der Waals surface area contributed by atoms with Gasteiger partial charge in [0.25, 0.3) is 0 Å². The first kappa shape index (κ1) is 16.9. The first-order valence-electron chi connectivity index (χ1n) is 6.69. The van der Waals surface area contributed by atoms with Crippen LogP contribution >= 0.6 is 0 Å². The average Bonchev–Trinajstić information content (AvgIpc) is 2.76. The van der Waals surface area contributed by atoms with E-state index in [4.69, 9.17) is 15.1 Å². The van der Waals surface area contributed by atoms with Gasteiger partial charge in [-0.1, -0.05) is 0 Å². The molecule has 0 spiro atoms. The van der Waals surface area contributed by atoms with E-state index in [9.17, 15) is 20.5 Å². The summed E-state index contributed by atoms with van der Waals surface area (Å²) < 4.78 is 5.33. The Kier molecular flexibility index (Phi) is 5.19. The van der Waals surface area contributed by atoms with Crippen LogP contribution in [-0.4, -0.2) is 62.9 Å². The van der Waals surface area contributed by atoms with Crippen LogP contribution in [0.1, 0.15) is 5.56 Å². The summed E-state index contributed by atoms with van der Waals surface area (Å²) in [6.07, 6.45) is -6.09. The van der Waals surface area contributed by atoms with Gasteiger partial charge in [-0.25, -0.2) is 0 Å². The lowest BCUT2D eigenvalue weighted by Gasteiger charge is -2.24. The summed E-state index contributed by atoms with van der Waals surface area (Å²) >= 11 is 0. The molecule has 1 heterocycles. The molecule has 1 fully saturated rings. The monoisotopic (exact) mass is 315 g/mol. The van der Waals surface area contributed by atoms with Gasteiger partial charge in [0.2, 0.25) is 0 Å². The lowest BCUT2D eigenvalue weighted by Crippen LogP contribution is -2.40. The van der Waals surface area contributed by atoms with Gasteiger partial charge in [-0.3, -0.25) is 5.21 Å². The fraction of sp³-hybridized carbons (Fsp3) is 0.538. The predicted octanol–water partition coefficient (Wildman–Crippen LogP) is -1.10. The molecular weight excluding hydrogens is 296 g/mol. The summed E-state index contributed by atoms with van der Waals surface area (Å²) in [6, 6.07) is 4.29. The van der Waals surface area contributed by atoms with Crippen LogP contribution in [0.15, 0.2) is 18.2 Å². The smallest absolute Gasteiger partial charge is 0.157 e. The molecule has 1 aromatic rings. The second-order valence-electron chi connectivity index (χ2n) is 5.17. The Labute approximate surface area is 126 Å². The highest BCUT2D eigenvalue weighted by molar-refractivity contribution is 5.59. The molecule has 0 unspecified atom stereocenters. The van der Waals surface area contributed by atoms with E-state index >= 15 is 0 Å².